The van der Waals surface area contributed by atoms with E-state index in [0.29, 0.717) is 0 Å². The Balaban J connectivity index is 1.08. The van der Waals surface area contributed by atoms with Crippen molar-refractivity contribution in [2.75, 3.05) is 0 Å². The zero-order chi connectivity index (χ0) is 40.4. The molecule has 0 bridgehead atoms. The third-order valence-corrected chi connectivity index (χ3v) is 13.5. The second-order valence-corrected chi connectivity index (χ2v) is 17.1. The van der Waals surface area contributed by atoms with Crippen LogP contribution in [0, 0.1) is 0 Å². The first kappa shape index (κ1) is 34.1. The van der Waals surface area contributed by atoms with Crippen LogP contribution in [0.3, 0.4) is 0 Å². The second-order valence-electron chi connectivity index (χ2n) is 17.1. The average molecular weight is 778 g/mol. The van der Waals surface area contributed by atoms with Crippen LogP contribution in [0.4, 0.5) is 0 Å². The summed E-state index contributed by atoms with van der Waals surface area (Å²) in [5.41, 5.74) is 15.6. The van der Waals surface area contributed by atoms with Crippen molar-refractivity contribution in [3.8, 4) is 45.0 Å². The number of hydrogen-bond acceptors (Lipinski definition) is 1. The van der Waals surface area contributed by atoms with E-state index in [0.717, 1.165) is 28.1 Å². The molecule has 0 saturated carbocycles. The predicted molar refractivity (Wildman–Crippen MR) is 256 cm³/mol. The van der Waals surface area contributed by atoms with E-state index in [1.165, 1.54) is 93.2 Å². The van der Waals surface area contributed by atoms with Gasteiger partial charge in [0, 0.05) is 38.5 Å². The van der Waals surface area contributed by atoms with Gasteiger partial charge in [0.1, 0.15) is 5.82 Å². The molecule has 10 aromatic carbocycles. The van der Waals surface area contributed by atoms with Gasteiger partial charge in [-0.05, 0) is 109 Å². The molecular weight excluding hydrogens is 739 g/mol. The molecule has 61 heavy (non-hydrogen) atoms. The Labute approximate surface area is 353 Å². The number of rotatable bonds is 4. The van der Waals surface area contributed by atoms with Gasteiger partial charge in [-0.15, -0.1) is 0 Å². The number of fused-ring (bicyclic) bond motifs is 14. The summed E-state index contributed by atoms with van der Waals surface area (Å²) in [5, 5.41) is 10.1. The molecule has 13 rings (SSSR count). The fourth-order valence-corrected chi connectivity index (χ4v) is 10.7. The number of benzene rings is 10. The Hall–Kier alpha value is -7.75. The maximum absolute atomic E-state index is 5.11. The average Bonchev–Trinajstić information content (AvgIpc) is 3.95. The largest absolute Gasteiger partial charge is 0.309 e. The molecule has 3 heteroatoms. The zero-order valence-electron chi connectivity index (χ0n) is 33.9. The van der Waals surface area contributed by atoms with Crippen molar-refractivity contribution >= 4 is 65.2 Å². The molecule has 286 valence electrons. The molecule has 1 aliphatic rings. The number of aromatic nitrogens is 3. The van der Waals surface area contributed by atoms with Crippen molar-refractivity contribution < 1.29 is 0 Å². The number of imidazole rings is 1. The first-order valence-electron chi connectivity index (χ1n) is 21.2. The van der Waals surface area contributed by atoms with Crippen LogP contribution in [-0.2, 0) is 5.41 Å². The highest BCUT2D eigenvalue weighted by atomic mass is 15.1. The molecule has 0 saturated heterocycles. The highest BCUT2D eigenvalue weighted by molar-refractivity contribution is 6.37. The van der Waals surface area contributed by atoms with Gasteiger partial charge in [-0.2, -0.15) is 0 Å². The molecule has 0 amide bonds. The lowest BCUT2D eigenvalue weighted by molar-refractivity contribution is 0.660. The molecule has 0 radical (unpaired) electrons. The summed E-state index contributed by atoms with van der Waals surface area (Å²) < 4.78 is 4.84. The quantitative estimate of drug-likeness (QED) is 0.163. The van der Waals surface area contributed by atoms with E-state index in [1.807, 2.05) is 0 Å². The Bertz CT molecular complexity index is 3770. The van der Waals surface area contributed by atoms with E-state index in [-0.39, 0.29) is 5.41 Å². The molecule has 0 aliphatic heterocycles. The lowest BCUT2D eigenvalue weighted by atomic mass is 9.82. The third-order valence-electron chi connectivity index (χ3n) is 13.5. The summed E-state index contributed by atoms with van der Waals surface area (Å²) in [4.78, 5) is 5.11. The van der Waals surface area contributed by atoms with Crippen LogP contribution in [0.25, 0.3) is 110 Å². The Morgan fingerprint density at radius 1 is 0.377 bits per heavy atom. The van der Waals surface area contributed by atoms with Crippen molar-refractivity contribution in [3.05, 3.63) is 211 Å². The molecule has 2 heterocycles. The maximum atomic E-state index is 5.11. The summed E-state index contributed by atoms with van der Waals surface area (Å²) in [6.45, 7) is 4.75. The molecule has 0 spiro atoms. The van der Waals surface area contributed by atoms with Gasteiger partial charge in [0.15, 0.2) is 0 Å². The zero-order valence-corrected chi connectivity index (χ0v) is 33.9. The van der Waals surface area contributed by atoms with Crippen LogP contribution in [-0.4, -0.2) is 14.1 Å². The lowest BCUT2D eigenvalue weighted by Gasteiger charge is -2.22. The van der Waals surface area contributed by atoms with Crippen molar-refractivity contribution in [2.24, 2.45) is 0 Å². The topological polar surface area (TPSA) is 22.8 Å². The van der Waals surface area contributed by atoms with Crippen LogP contribution >= 0.6 is 0 Å². The smallest absolute Gasteiger partial charge is 0.145 e. The molecule has 0 fully saturated rings. The summed E-state index contributed by atoms with van der Waals surface area (Å²) >= 11 is 0. The van der Waals surface area contributed by atoms with Gasteiger partial charge in [-0.1, -0.05) is 166 Å². The van der Waals surface area contributed by atoms with Gasteiger partial charge in [-0.25, -0.2) is 4.98 Å². The predicted octanol–water partition coefficient (Wildman–Crippen LogP) is 15.2. The summed E-state index contributed by atoms with van der Waals surface area (Å²) in [5.74, 6) is 0.938. The molecular formula is C58H39N3. The molecule has 12 aromatic rings. The SMILES string of the molecule is CC1(C)c2ccccc2-c2ccc(-n3c4ccccc4c4c5ccccc5c5cc(-c6ccc(-n7c(-c8ccccc8)nc8ccccc87)cc6)c6ccccc6c5c43)cc21. The van der Waals surface area contributed by atoms with Gasteiger partial charge in [0.2, 0.25) is 0 Å². The molecule has 1 aliphatic carbocycles. The minimum absolute atomic E-state index is 0.110. The van der Waals surface area contributed by atoms with E-state index in [2.05, 4.69) is 223 Å². The summed E-state index contributed by atoms with van der Waals surface area (Å²) in [7, 11) is 0. The van der Waals surface area contributed by atoms with Gasteiger partial charge < -0.3 is 4.57 Å². The molecule has 3 nitrogen and oxygen atoms in total. The van der Waals surface area contributed by atoms with Crippen LogP contribution < -0.4 is 0 Å². The number of hydrogen-bond donors (Lipinski definition) is 0. The maximum Gasteiger partial charge on any atom is 0.145 e. The summed E-state index contributed by atoms with van der Waals surface area (Å²) in [6.07, 6.45) is 0. The summed E-state index contributed by atoms with van der Waals surface area (Å²) in [6, 6.07) is 73.5. The van der Waals surface area contributed by atoms with E-state index < -0.39 is 0 Å². The van der Waals surface area contributed by atoms with Crippen LogP contribution in [0.2, 0.25) is 0 Å². The van der Waals surface area contributed by atoms with Gasteiger partial charge in [0.25, 0.3) is 0 Å². The lowest BCUT2D eigenvalue weighted by Crippen LogP contribution is -2.15. The minimum Gasteiger partial charge on any atom is -0.309 e. The third kappa shape index (κ3) is 4.77. The van der Waals surface area contributed by atoms with E-state index in [4.69, 9.17) is 4.98 Å². The van der Waals surface area contributed by atoms with Gasteiger partial charge in [0.05, 0.1) is 22.1 Å². The fraction of sp³-hybridized carbons (Fsp3) is 0.0517. The Morgan fingerprint density at radius 2 is 0.967 bits per heavy atom. The second kappa shape index (κ2) is 12.6. The normalized spacial score (nSPS) is 13.2. The fourth-order valence-electron chi connectivity index (χ4n) is 10.7. The van der Waals surface area contributed by atoms with Crippen LogP contribution in [0.1, 0.15) is 25.0 Å². The standard InChI is InChI=1S/C58H39N3/c1-58(2)49-24-12-10-20-42(49)43-33-32-39(34-50(43)58)60-52-26-14-11-23-46(52)54-45-22-9-7-19-41(45)48-35-47(40-18-6-8-21-44(40)55(48)56(54)60)36-28-30-38(31-29-36)61-53-27-15-13-25-51(53)59-57(61)37-16-4-3-5-17-37/h3-35H,1-2H3. The van der Waals surface area contributed by atoms with E-state index in [9.17, 15) is 0 Å². The number of nitrogens with zero attached hydrogens (tertiary/aromatic N) is 3. The first-order chi connectivity index (χ1) is 30.0. The Kier molecular flexibility index (Phi) is 7.07. The first-order valence-corrected chi connectivity index (χ1v) is 21.2. The van der Waals surface area contributed by atoms with E-state index in [1.54, 1.807) is 0 Å². The minimum atomic E-state index is -0.110. The monoisotopic (exact) mass is 777 g/mol. The van der Waals surface area contributed by atoms with Crippen molar-refractivity contribution in [2.45, 2.75) is 19.3 Å². The molecule has 0 N–H and O–H groups in total. The van der Waals surface area contributed by atoms with Crippen molar-refractivity contribution in [3.63, 3.8) is 0 Å². The highest BCUT2D eigenvalue weighted by Gasteiger charge is 2.35. The molecule has 0 atom stereocenters. The highest BCUT2D eigenvalue weighted by Crippen LogP contribution is 2.51. The Morgan fingerprint density at radius 3 is 1.77 bits per heavy atom. The van der Waals surface area contributed by atoms with Crippen LogP contribution in [0.5, 0.6) is 0 Å². The van der Waals surface area contributed by atoms with Gasteiger partial charge in [-0.3, -0.25) is 4.57 Å². The van der Waals surface area contributed by atoms with Gasteiger partial charge >= 0.3 is 0 Å². The van der Waals surface area contributed by atoms with Crippen molar-refractivity contribution in [1.29, 1.82) is 0 Å². The van der Waals surface area contributed by atoms with Crippen molar-refractivity contribution in [1.82, 2.24) is 14.1 Å². The number of para-hydroxylation sites is 3. The van der Waals surface area contributed by atoms with E-state index >= 15 is 0 Å². The van der Waals surface area contributed by atoms with Crippen LogP contribution in [0.15, 0.2) is 200 Å². The molecule has 2 aromatic heterocycles. The molecule has 0 unspecified atom stereocenters.